The van der Waals surface area contributed by atoms with Gasteiger partial charge in [-0.3, -0.25) is 0 Å². The van der Waals surface area contributed by atoms with Crippen LogP contribution in [0.25, 0.3) is 10.4 Å². The molecule has 18 heavy (non-hydrogen) atoms. The van der Waals surface area contributed by atoms with Crippen LogP contribution in [0.2, 0.25) is 5.02 Å². The first-order valence-corrected chi connectivity index (χ1v) is 5.19. The van der Waals surface area contributed by atoms with Crippen molar-refractivity contribution in [2.24, 2.45) is 5.11 Å². The maximum Gasteiger partial charge on any atom is 0.417 e. The fraction of sp³-hybridized carbons (Fsp3) is 0.273. The Morgan fingerprint density at radius 2 is 2.11 bits per heavy atom. The predicted molar refractivity (Wildman–Crippen MR) is 62.0 cm³/mol. The number of nitrogens with zero attached hydrogens (tertiary/aromatic N) is 3. The normalized spacial score (nSPS) is 10.2. The summed E-state index contributed by atoms with van der Waals surface area (Å²) in [7, 11) is 0. The summed E-state index contributed by atoms with van der Waals surface area (Å²) in [5, 5.41) is 2.89. The molecule has 1 rings (SSSR count). The first-order valence-electron chi connectivity index (χ1n) is 4.81. The molecule has 0 spiro atoms. The Hall–Kier alpha value is -1.83. The summed E-state index contributed by atoms with van der Waals surface area (Å²) >= 11 is 5.46. The largest absolute Gasteiger partial charge is 0.417 e. The third-order valence-corrected chi connectivity index (χ3v) is 2.23. The van der Waals surface area contributed by atoms with E-state index in [-0.39, 0.29) is 23.6 Å². The molecule has 0 atom stereocenters. The molecular formula is C11H7ClF3N3. The molecule has 0 aromatic heterocycles. The molecule has 0 heterocycles. The van der Waals surface area contributed by atoms with Gasteiger partial charge in [0.1, 0.15) is 0 Å². The number of halogens is 4. The summed E-state index contributed by atoms with van der Waals surface area (Å²) in [6, 6.07) is 3.45. The monoisotopic (exact) mass is 273 g/mol. The van der Waals surface area contributed by atoms with Crippen LogP contribution < -0.4 is 0 Å². The second-order valence-corrected chi connectivity index (χ2v) is 3.61. The molecule has 0 aliphatic heterocycles. The minimum Gasteiger partial charge on any atom is -0.166 e. The summed E-state index contributed by atoms with van der Waals surface area (Å²) in [6.45, 7) is 0.184. The Morgan fingerprint density at radius 1 is 1.39 bits per heavy atom. The van der Waals surface area contributed by atoms with Crippen LogP contribution in [0.1, 0.15) is 17.5 Å². The van der Waals surface area contributed by atoms with E-state index in [0.717, 1.165) is 12.1 Å². The Morgan fingerprint density at radius 3 is 2.72 bits per heavy atom. The summed E-state index contributed by atoms with van der Waals surface area (Å²) in [5.74, 6) is 5.16. The van der Waals surface area contributed by atoms with Crippen LogP contribution in [0.4, 0.5) is 13.2 Å². The van der Waals surface area contributed by atoms with Crippen molar-refractivity contribution in [3.05, 3.63) is 44.8 Å². The lowest BCUT2D eigenvalue weighted by molar-refractivity contribution is -0.137. The minimum absolute atomic E-state index is 0.184. The van der Waals surface area contributed by atoms with Gasteiger partial charge < -0.3 is 0 Å². The van der Waals surface area contributed by atoms with Gasteiger partial charge >= 0.3 is 6.18 Å². The Labute approximate surface area is 106 Å². The maximum atomic E-state index is 12.5. The van der Waals surface area contributed by atoms with Crippen LogP contribution in [0.15, 0.2) is 23.3 Å². The molecule has 94 valence electrons. The van der Waals surface area contributed by atoms with Crippen molar-refractivity contribution in [2.75, 3.05) is 6.54 Å². The number of alkyl halides is 3. The lowest BCUT2D eigenvalue weighted by atomic mass is 10.1. The van der Waals surface area contributed by atoms with Gasteiger partial charge in [0.05, 0.1) is 10.6 Å². The van der Waals surface area contributed by atoms with Crippen molar-refractivity contribution in [2.45, 2.75) is 12.6 Å². The zero-order valence-corrected chi connectivity index (χ0v) is 9.76. The second-order valence-electron chi connectivity index (χ2n) is 3.20. The molecule has 0 aliphatic carbocycles. The van der Waals surface area contributed by atoms with Crippen LogP contribution in [0, 0.1) is 11.8 Å². The highest BCUT2D eigenvalue weighted by molar-refractivity contribution is 6.31. The number of hydrogen-bond acceptors (Lipinski definition) is 1. The van der Waals surface area contributed by atoms with Crippen molar-refractivity contribution >= 4 is 11.6 Å². The fourth-order valence-corrected chi connectivity index (χ4v) is 1.36. The Bertz CT molecular complexity index is 537. The van der Waals surface area contributed by atoms with Crippen LogP contribution in [0.5, 0.6) is 0 Å². The van der Waals surface area contributed by atoms with Gasteiger partial charge in [-0.1, -0.05) is 28.6 Å². The summed E-state index contributed by atoms with van der Waals surface area (Å²) in [6.07, 6.45) is -4.21. The summed E-state index contributed by atoms with van der Waals surface area (Å²) in [4.78, 5) is 2.53. The van der Waals surface area contributed by atoms with Gasteiger partial charge in [-0.15, -0.1) is 0 Å². The standard InChI is InChI=1S/C11H7ClF3N3/c12-10-5-4-8(3-1-2-6-17-18-16)7-9(10)11(13,14)15/h4-5,7H,2,6H2. The van der Waals surface area contributed by atoms with E-state index in [9.17, 15) is 13.2 Å². The molecule has 0 saturated carbocycles. The third kappa shape index (κ3) is 4.21. The fourth-order valence-electron chi connectivity index (χ4n) is 1.14. The zero-order valence-electron chi connectivity index (χ0n) is 9.00. The average molecular weight is 274 g/mol. The zero-order chi connectivity index (χ0) is 13.6. The summed E-state index contributed by atoms with van der Waals surface area (Å²) < 4.78 is 37.6. The van der Waals surface area contributed by atoms with Crippen molar-refractivity contribution in [3.63, 3.8) is 0 Å². The number of benzene rings is 1. The molecule has 0 aliphatic rings. The molecule has 0 fully saturated rings. The van der Waals surface area contributed by atoms with Gasteiger partial charge in [0.25, 0.3) is 0 Å². The molecule has 0 radical (unpaired) electrons. The highest BCUT2D eigenvalue weighted by atomic mass is 35.5. The highest BCUT2D eigenvalue weighted by Gasteiger charge is 2.33. The lowest BCUT2D eigenvalue weighted by Crippen LogP contribution is -2.06. The smallest absolute Gasteiger partial charge is 0.166 e. The van der Waals surface area contributed by atoms with Crippen molar-refractivity contribution in [1.29, 1.82) is 0 Å². The van der Waals surface area contributed by atoms with Crippen LogP contribution >= 0.6 is 11.6 Å². The van der Waals surface area contributed by atoms with Crippen LogP contribution in [-0.4, -0.2) is 6.54 Å². The van der Waals surface area contributed by atoms with Gasteiger partial charge in [0, 0.05) is 23.4 Å². The SMILES string of the molecule is [N-]=[N+]=NCCC#Cc1ccc(Cl)c(C(F)(F)F)c1. The van der Waals surface area contributed by atoms with E-state index in [1.165, 1.54) is 6.07 Å². The van der Waals surface area contributed by atoms with Crippen molar-refractivity contribution < 1.29 is 13.2 Å². The van der Waals surface area contributed by atoms with E-state index in [4.69, 9.17) is 17.1 Å². The van der Waals surface area contributed by atoms with Crippen LogP contribution in [-0.2, 0) is 6.18 Å². The minimum atomic E-state index is -4.50. The van der Waals surface area contributed by atoms with E-state index in [1.54, 1.807) is 0 Å². The molecular weight excluding hydrogens is 267 g/mol. The number of hydrogen-bond donors (Lipinski definition) is 0. The highest BCUT2D eigenvalue weighted by Crippen LogP contribution is 2.34. The van der Waals surface area contributed by atoms with E-state index >= 15 is 0 Å². The summed E-state index contributed by atoms with van der Waals surface area (Å²) in [5.41, 5.74) is 7.31. The second kappa shape index (κ2) is 6.20. The van der Waals surface area contributed by atoms with Crippen LogP contribution in [0.3, 0.4) is 0 Å². The molecule has 0 bridgehead atoms. The Balaban J connectivity index is 2.89. The average Bonchev–Trinajstić information content (AvgIpc) is 2.29. The third-order valence-electron chi connectivity index (χ3n) is 1.90. The van der Waals surface area contributed by atoms with Gasteiger partial charge in [0.15, 0.2) is 0 Å². The number of rotatable bonds is 2. The van der Waals surface area contributed by atoms with Gasteiger partial charge in [0.2, 0.25) is 0 Å². The Kier molecular flexibility index (Phi) is 4.90. The maximum absolute atomic E-state index is 12.5. The van der Waals surface area contributed by atoms with Gasteiger partial charge in [-0.25, -0.2) is 0 Å². The molecule has 0 saturated heterocycles. The number of azide groups is 1. The van der Waals surface area contributed by atoms with Gasteiger partial charge in [-0.2, -0.15) is 13.2 Å². The van der Waals surface area contributed by atoms with Crippen molar-refractivity contribution in [1.82, 2.24) is 0 Å². The lowest BCUT2D eigenvalue weighted by Gasteiger charge is -2.08. The quantitative estimate of drug-likeness (QED) is 0.252. The van der Waals surface area contributed by atoms with E-state index in [2.05, 4.69) is 21.9 Å². The molecule has 0 amide bonds. The molecule has 7 heteroatoms. The van der Waals surface area contributed by atoms with Crippen molar-refractivity contribution in [3.8, 4) is 11.8 Å². The van der Waals surface area contributed by atoms with E-state index in [1.807, 2.05) is 0 Å². The molecule has 3 nitrogen and oxygen atoms in total. The van der Waals surface area contributed by atoms with E-state index < -0.39 is 11.7 Å². The molecule has 0 N–H and O–H groups in total. The first-order chi connectivity index (χ1) is 8.45. The molecule has 0 unspecified atom stereocenters. The predicted octanol–water partition coefficient (Wildman–Crippen LogP) is 4.41. The molecule has 1 aromatic rings. The topological polar surface area (TPSA) is 48.8 Å². The van der Waals surface area contributed by atoms with Gasteiger partial charge in [-0.05, 0) is 23.7 Å². The van der Waals surface area contributed by atoms with E-state index in [0.29, 0.717) is 0 Å². The molecule has 1 aromatic carbocycles. The first kappa shape index (κ1) is 14.2.